The van der Waals surface area contributed by atoms with Crippen LogP contribution >= 0.6 is 34.5 Å². The van der Waals surface area contributed by atoms with Gasteiger partial charge in [-0.25, -0.2) is 4.98 Å². The molecule has 0 aliphatic carbocycles. The number of alkyl halides is 3. The standard InChI is InChI=1S/C23H11Cl2F3N2OS/c24-16-4-1-13(2-5-16)20-12-32-22(30-20)14(11-29)9-17-6-8-21(31-17)18-10-15(23(26,27)28)3-7-19(18)25/h1-10,12H/b14-9+. The van der Waals surface area contributed by atoms with Crippen LogP contribution in [0.25, 0.3) is 34.2 Å². The molecule has 2 aromatic carbocycles. The lowest BCUT2D eigenvalue weighted by Gasteiger charge is -2.09. The molecular formula is C23H11Cl2F3N2OS. The summed E-state index contributed by atoms with van der Waals surface area (Å²) in [4.78, 5) is 4.49. The van der Waals surface area contributed by atoms with Gasteiger partial charge in [0.1, 0.15) is 22.6 Å². The van der Waals surface area contributed by atoms with Crippen LogP contribution in [0.3, 0.4) is 0 Å². The summed E-state index contributed by atoms with van der Waals surface area (Å²) in [6, 6.07) is 15.3. The highest BCUT2D eigenvalue weighted by Crippen LogP contribution is 2.37. The predicted molar refractivity (Wildman–Crippen MR) is 120 cm³/mol. The average Bonchev–Trinajstić information content (AvgIpc) is 3.42. The molecule has 4 rings (SSSR count). The zero-order valence-corrected chi connectivity index (χ0v) is 18.3. The molecule has 0 saturated heterocycles. The number of allylic oxidation sites excluding steroid dienone is 1. The molecule has 0 spiro atoms. The Kier molecular flexibility index (Phi) is 6.11. The number of benzene rings is 2. The number of hydrogen-bond donors (Lipinski definition) is 0. The third kappa shape index (κ3) is 4.73. The Morgan fingerprint density at radius 1 is 1.06 bits per heavy atom. The van der Waals surface area contributed by atoms with Crippen molar-refractivity contribution in [1.29, 1.82) is 5.26 Å². The molecule has 0 N–H and O–H groups in total. The summed E-state index contributed by atoms with van der Waals surface area (Å²) in [6.07, 6.45) is -3.02. The number of rotatable bonds is 4. The maximum absolute atomic E-state index is 13.0. The molecule has 3 nitrogen and oxygen atoms in total. The zero-order chi connectivity index (χ0) is 22.9. The van der Waals surface area contributed by atoms with Gasteiger partial charge in [-0.15, -0.1) is 11.3 Å². The van der Waals surface area contributed by atoms with Gasteiger partial charge in [0, 0.05) is 27.6 Å². The fourth-order valence-electron chi connectivity index (χ4n) is 2.90. The van der Waals surface area contributed by atoms with Crippen molar-refractivity contribution >= 4 is 46.2 Å². The first-order valence-electron chi connectivity index (χ1n) is 9.05. The monoisotopic (exact) mass is 490 g/mol. The van der Waals surface area contributed by atoms with Gasteiger partial charge in [-0.2, -0.15) is 18.4 Å². The summed E-state index contributed by atoms with van der Waals surface area (Å²) in [5, 5.41) is 12.6. The van der Waals surface area contributed by atoms with Crippen molar-refractivity contribution in [3.05, 3.63) is 86.4 Å². The zero-order valence-electron chi connectivity index (χ0n) is 16.0. The van der Waals surface area contributed by atoms with E-state index in [0.717, 1.165) is 17.7 Å². The molecule has 0 fully saturated rings. The molecule has 0 saturated carbocycles. The Hall–Kier alpha value is -3.05. The maximum Gasteiger partial charge on any atom is 0.416 e. The molecule has 0 radical (unpaired) electrons. The third-order valence-electron chi connectivity index (χ3n) is 4.47. The molecule has 9 heteroatoms. The number of thiazole rings is 1. The lowest BCUT2D eigenvalue weighted by Crippen LogP contribution is -2.04. The molecule has 4 aromatic rings. The second-order valence-corrected chi connectivity index (χ2v) is 8.31. The van der Waals surface area contributed by atoms with Crippen LogP contribution in [0.2, 0.25) is 10.0 Å². The number of furan rings is 1. The molecule has 0 aliphatic rings. The van der Waals surface area contributed by atoms with Crippen LogP contribution in [0.1, 0.15) is 16.3 Å². The molecule has 160 valence electrons. The Bertz CT molecular complexity index is 1350. The van der Waals surface area contributed by atoms with Crippen molar-refractivity contribution in [2.24, 2.45) is 0 Å². The van der Waals surface area contributed by atoms with Crippen LogP contribution in [0.4, 0.5) is 13.2 Å². The quantitative estimate of drug-likeness (QED) is 0.269. The van der Waals surface area contributed by atoms with E-state index in [-0.39, 0.29) is 27.7 Å². The summed E-state index contributed by atoms with van der Waals surface area (Å²) in [7, 11) is 0. The highest BCUT2D eigenvalue weighted by Gasteiger charge is 2.31. The molecule has 0 unspecified atom stereocenters. The van der Waals surface area contributed by atoms with E-state index in [0.29, 0.717) is 15.7 Å². The summed E-state index contributed by atoms with van der Waals surface area (Å²) >= 11 is 13.3. The van der Waals surface area contributed by atoms with E-state index in [2.05, 4.69) is 11.1 Å². The summed E-state index contributed by atoms with van der Waals surface area (Å²) < 4.78 is 44.8. The molecule has 32 heavy (non-hydrogen) atoms. The summed E-state index contributed by atoms with van der Waals surface area (Å²) in [6.45, 7) is 0. The lowest BCUT2D eigenvalue weighted by atomic mass is 10.1. The molecule has 0 aliphatic heterocycles. The highest BCUT2D eigenvalue weighted by atomic mass is 35.5. The summed E-state index contributed by atoms with van der Waals surface area (Å²) in [5.41, 5.74) is 1.08. The normalized spacial score (nSPS) is 12.1. The van der Waals surface area contributed by atoms with Crippen LogP contribution in [0.5, 0.6) is 0 Å². The smallest absolute Gasteiger partial charge is 0.416 e. The molecule has 2 aromatic heterocycles. The third-order valence-corrected chi connectivity index (χ3v) is 5.92. The lowest BCUT2D eigenvalue weighted by molar-refractivity contribution is -0.137. The van der Waals surface area contributed by atoms with Gasteiger partial charge in [0.2, 0.25) is 0 Å². The van der Waals surface area contributed by atoms with Crippen molar-refractivity contribution in [2.75, 3.05) is 0 Å². The molecule has 0 amide bonds. The molecule has 0 bridgehead atoms. The minimum atomic E-state index is -4.50. The number of nitriles is 1. The van der Waals surface area contributed by atoms with Crippen molar-refractivity contribution in [3.63, 3.8) is 0 Å². The summed E-state index contributed by atoms with van der Waals surface area (Å²) in [5.74, 6) is 0.443. The number of halogens is 5. The SMILES string of the molecule is N#C/C(=C\c1ccc(-c2cc(C(F)(F)F)ccc2Cl)o1)c1nc(-c2ccc(Cl)cc2)cs1. The van der Waals surface area contributed by atoms with Crippen molar-refractivity contribution < 1.29 is 17.6 Å². The van der Waals surface area contributed by atoms with Gasteiger partial charge in [-0.3, -0.25) is 0 Å². The van der Waals surface area contributed by atoms with Gasteiger partial charge in [-0.1, -0.05) is 35.3 Å². The van der Waals surface area contributed by atoms with Crippen LogP contribution in [0, 0.1) is 11.3 Å². The fraction of sp³-hybridized carbons (Fsp3) is 0.0435. The molecule has 0 atom stereocenters. The highest BCUT2D eigenvalue weighted by molar-refractivity contribution is 7.11. The maximum atomic E-state index is 13.0. The largest absolute Gasteiger partial charge is 0.457 e. The van der Waals surface area contributed by atoms with Crippen molar-refractivity contribution in [3.8, 4) is 28.7 Å². The Labute approximate surface area is 195 Å². The molecule has 2 heterocycles. The first kappa shape index (κ1) is 22.2. The van der Waals surface area contributed by atoms with Gasteiger partial charge in [0.15, 0.2) is 0 Å². The minimum Gasteiger partial charge on any atom is -0.457 e. The number of hydrogen-bond acceptors (Lipinski definition) is 4. The molecular weight excluding hydrogens is 480 g/mol. The Morgan fingerprint density at radius 3 is 2.50 bits per heavy atom. The second kappa shape index (κ2) is 8.83. The van der Waals surface area contributed by atoms with E-state index in [9.17, 15) is 18.4 Å². The van der Waals surface area contributed by atoms with E-state index in [1.807, 2.05) is 17.5 Å². The van der Waals surface area contributed by atoms with Gasteiger partial charge in [0.05, 0.1) is 21.9 Å². The van der Waals surface area contributed by atoms with Gasteiger partial charge < -0.3 is 4.42 Å². The van der Waals surface area contributed by atoms with Crippen LogP contribution in [-0.2, 0) is 6.18 Å². The first-order chi connectivity index (χ1) is 15.2. The Balaban J connectivity index is 1.64. The average molecular weight is 491 g/mol. The van der Waals surface area contributed by atoms with Gasteiger partial charge >= 0.3 is 6.18 Å². The first-order valence-corrected chi connectivity index (χ1v) is 10.7. The topological polar surface area (TPSA) is 49.8 Å². The van der Waals surface area contributed by atoms with Crippen LogP contribution in [-0.4, -0.2) is 4.98 Å². The van der Waals surface area contributed by atoms with E-state index in [1.54, 1.807) is 18.2 Å². The Morgan fingerprint density at radius 2 is 1.81 bits per heavy atom. The number of nitrogens with zero attached hydrogens (tertiary/aromatic N) is 2. The van der Waals surface area contributed by atoms with Gasteiger partial charge in [0.25, 0.3) is 0 Å². The van der Waals surface area contributed by atoms with Crippen molar-refractivity contribution in [1.82, 2.24) is 4.98 Å². The van der Waals surface area contributed by atoms with Crippen LogP contribution < -0.4 is 0 Å². The fourth-order valence-corrected chi connectivity index (χ4v) is 4.03. The minimum absolute atomic E-state index is 0.110. The van der Waals surface area contributed by atoms with E-state index in [1.165, 1.54) is 29.5 Å². The second-order valence-electron chi connectivity index (χ2n) is 6.61. The van der Waals surface area contributed by atoms with Crippen molar-refractivity contribution in [2.45, 2.75) is 6.18 Å². The van der Waals surface area contributed by atoms with E-state index >= 15 is 0 Å². The predicted octanol–water partition coefficient (Wildman–Crippen LogP) is 8.46. The van der Waals surface area contributed by atoms with E-state index < -0.39 is 11.7 Å². The van der Waals surface area contributed by atoms with Gasteiger partial charge in [-0.05, 0) is 42.5 Å². The van der Waals surface area contributed by atoms with Crippen LogP contribution in [0.15, 0.2) is 64.4 Å². The number of aromatic nitrogens is 1. The van der Waals surface area contributed by atoms with E-state index in [4.69, 9.17) is 27.6 Å².